The first-order chi connectivity index (χ1) is 10.9. The third-order valence-electron chi connectivity index (χ3n) is 3.66. The molecule has 23 heavy (non-hydrogen) atoms. The summed E-state index contributed by atoms with van der Waals surface area (Å²) in [6.45, 7) is 0.323. The van der Waals surface area contributed by atoms with E-state index < -0.39 is 27.7 Å². The SMILES string of the molecule is O=C(NCc1ccc2c(c1)OCO2)C(=O)NC1CCS(=O)(=O)C1. The molecular weight excluding hydrogens is 324 g/mol. The van der Waals surface area contributed by atoms with Crippen LogP contribution in [-0.4, -0.2) is 44.6 Å². The Labute approximate surface area is 133 Å². The molecule has 2 N–H and O–H groups in total. The zero-order valence-corrected chi connectivity index (χ0v) is 13.0. The summed E-state index contributed by atoms with van der Waals surface area (Å²) in [6.07, 6.45) is 0.337. The van der Waals surface area contributed by atoms with E-state index >= 15 is 0 Å². The molecule has 1 aromatic rings. The van der Waals surface area contributed by atoms with Crippen LogP contribution in [-0.2, 0) is 26.0 Å². The molecule has 1 aromatic carbocycles. The van der Waals surface area contributed by atoms with Crippen molar-refractivity contribution < 1.29 is 27.5 Å². The monoisotopic (exact) mass is 340 g/mol. The fraction of sp³-hybridized carbons (Fsp3) is 0.429. The quantitative estimate of drug-likeness (QED) is 0.707. The zero-order chi connectivity index (χ0) is 16.4. The van der Waals surface area contributed by atoms with Crippen molar-refractivity contribution in [3.63, 3.8) is 0 Å². The van der Waals surface area contributed by atoms with Gasteiger partial charge in [0.25, 0.3) is 0 Å². The number of nitrogens with one attached hydrogen (secondary N) is 2. The molecule has 8 nitrogen and oxygen atoms in total. The molecule has 0 bridgehead atoms. The van der Waals surface area contributed by atoms with Gasteiger partial charge in [0.15, 0.2) is 21.3 Å². The predicted octanol–water partition coefficient (Wildman–Crippen LogP) is -0.665. The highest BCUT2D eigenvalue weighted by Gasteiger charge is 2.30. The lowest BCUT2D eigenvalue weighted by Crippen LogP contribution is -2.44. The summed E-state index contributed by atoms with van der Waals surface area (Å²) < 4.78 is 33.1. The number of rotatable bonds is 3. The first-order valence-corrected chi connectivity index (χ1v) is 8.93. The van der Waals surface area contributed by atoms with E-state index in [0.717, 1.165) is 5.56 Å². The second-order valence-electron chi connectivity index (χ2n) is 5.44. The van der Waals surface area contributed by atoms with Gasteiger partial charge in [0.2, 0.25) is 6.79 Å². The van der Waals surface area contributed by atoms with Crippen LogP contribution in [0.2, 0.25) is 0 Å². The molecule has 1 fully saturated rings. The van der Waals surface area contributed by atoms with Gasteiger partial charge >= 0.3 is 11.8 Å². The summed E-state index contributed by atoms with van der Waals surface area (Å²) in [7, 11) is -3.10. The van der Waals surface area contributed by atoms with Gasteiger partial charge in [-0.1, -0.05) is 6.07 Å². The van der Waals surface area contributed by atoms with Gasteiger partial charge in [-0.25, -0.2) is 8.42 Å². The average Bonchev–Trinajstić information content (AvgIpc) is 3.10. The van der Waals surface area contributed by atoms with Crippen molar-refractivity contribution in [1.29, 1.82) is 0 Å². The van der Waals surface area contributed by atoms with Crippen LogP contribution >= 0.6 is 0 Å². The van der Waals surface area contributed by atoms with Gasteiger partial charge < -0.3 is 20.1 Å². The first-order valence-electron chi connectivity index (χ1n) is 7.10. The number of ether oxygens (including phenoxy) is 2. The molecule has 9 heteroatoms. The zero-order valence-electron chi connectivity index (χ0n) is 12.2. The van der Waals surface area contributed by atoms with Gasteiger partial charge in [-0.2, -0.15) is 0 Å². The number of sulfone groups is 1. The Morgan fingerprint density at radius 3 is 2.70 bits per heavy atom. The van der Waals surface area contributed by atoms with Gasteiger partial charge in [-0.15, -0.1) is 0 Å². The topological polar surface area (TPSA) is 111 Å². The lowest BCUT2D eigenvalue weighted by atomic mass is 10.2. The number of fused-ring (bicyclic) bond motifs is 1. The van der Waals surface area contributed by atoms with Crippen LogP contribution < -0.4 is 20.1 Å². The summed E-state index contributed by atoms with van der Waals surface area (Å²) >= 11 is 0. The maximum atomic E-state index is 11.8. The average molecular weight is 340 g/mol. The van der Waals surface area contributed by atoms with Gasteiger partial charge in [0.05, 0.1) is 11.5 Å². The summed E-state index contributed by atoms with van der Waals surface area (Å²) in [6, 6.07) is 4.72. The van der Waals surface area contributed by atoms with E-state index in [4.69, 9.17) is 9.47 Å². The van der Waals surface area contributed by atoms with E-state index in [-0.39, 0.29) is 24.8 Å². The third kappa shape index (κ3) is 3.73. The van der Waals surface area contributed by atoms with Crippen molar-refractivity contribution in [1.82, 2.24) is 10.6 Å². The highest BCUT2D eigenvalue weighted by atomic mass is 32.2. The fourth-order valence-corrected chi connectivity index (χ4v) is 4.15. The lowest BCUT2D eigenvalue weighted by molar-refractivity contribution is -0.139. The normalized spacial score (nSPS) is 21.0. The fourth-order valence-electron chi connectivity index (χ4n) is 2.47. The first kappa shape index (κ1) is 15.6. The van der Waals surface area contributed by atoms with Crippen LogP contribution in [0.25, 0.3) is 0 Å². The molecule has 0 radical (unpaired) electrons. The number of carbonyl (C=O) groups is 2. The van der Waals surface area contributed by atoms with E-state index in [1.807, 2.05) is 0 Å². The molecule has 3 rings (SSSR count). The highest BCUT2D eigenvalue weighted by molar-refractivity contribution is 7.91. The second kappa shape index (κ2) is 6.07. The molecule has 1 unspecified atom stereocenters. The second-order valence-corrected chi connectivity index (χ2v) is 7.67. The molecular formula is C14H16N2O6S. The summed E-state index contributed by atoms with van der Waals surface area (Å²) in [5.74, 6) is -0.470. The highest BCUT2D eigenvalue weighted by Crippen LogP contribution is 2.32. The number of benzene rings is 1. The Morgan fingerprint density at radius 2 is 1.96 bits per heavy atom. The van der Waals surface area contributed by atoms with Gasteiger partial charge in [0.1, 0.15) is 0 Å². The largest absolute Gasteiger partial charge is 0.454 e. The minimum atomic E-state index is -3.10. The van der Waals surface area contributed by atoms with E-state index in [1.54, 1.807) is 18.2 Å². The number of hydrogen-bond donors (Lipinski definition) is 2. The Kier molecular flexibility index (Phi) is 4.12. The van der Waals surface area contributed by atoms with Crippen molar-refractivity contribution >= 4 is 21.7 Å². The van der Waals surface area contributed by atoms with Crippen molar-refractivity contribution in [2.45, 2.75) is 19.0 Å². The molecule has 2 heterocycles. The Balaban J connectivity index is 1.50. The maximum absolute atomic E-state index is 11.8. The van der Waals surface area contributed by atoms with Crippen molar-refractivity contribution in [2.24, 2.45) is 0 Å². The predicted molar refractivity (Wildman–Crippen MR) is 79.6 cm³/mol. The molecule has 0 spiro atoms. The van der Waals surface area contributed by atoms with Crippen molar-refractivity contribution in [3.8, 4) is 11.5 Å². The van der Waals surface area contributed by atoms with E-state index in [0.29, 0.717) is 17.9 Å². The smallest absolute Gasteiger partial charge is 0.309 e. The van der Waals surface area contributed by atoms with Crippen LogP contribution in [0.5, 0.6) is 11.5 Å². The lowest BCUT2D eigenvalue weighted by Gasteiger charge is -2.11. The number of hydrogen-bond acceptors (Lipinski definition) is 6. The maximum Gasteiger partial charge on any atom is 0.309 e. The number of carbonyl (C=O) groups excluding carboxylic acids is 2. The van der Waals surface area contributed by atoms with Gasteiger partial charge in [-0.3, -0.25) is 9.59 Å². The van der Waals surface area contributed by atoms with Crippen LogP contribution in [0.4, 0.5) is 0 Å². The Bertz CT molecular complexity index is 746. The summed E-state index contributed by atoms with van der Waals surface area (Å²) in [5.41, 5.74) is 0.763. The third-order valence-corrected chi connectivity index (χ3v) is 5.43. The molecule has 124 valence electrons. The van der Waals surface area contributed by atoms with Crippen LogP contribution in [0.3, 0.4) is 0 Å². The van der Waals surface area contributed by atoms with E-state index in [1.165, 1.54) is 0 Å². The summed E-state index contributed by atoms with van der Waals surface area (Å²) in [4.78, 5) is 23.5. The van der Waals surface area contributed by atoms with Crippen LogP contribution in [0.1, 0.15) is 12.0 Å². The Morgan fingerprint density at radius 1 is 1.17 bits per heavy atom. The van der Waals surface area contributed by atoms with E-state index in [9.17, 15) is 18.0 Å². The molecule has 2 amide bonds. The van der Waals surface area contributed by atoms with Crippen molar-refractivity contribution in [2.75, 3.05) is 18.3 Å². The van der Waals surface area contributed by atoms with Gasteiger partial charge in [-0.05, 0) is 24.1 Å². The van der Waals surface area contributed by atoms with Crippen LogP contribution in [0.15, 0.2) is 18.2 Å². The van der Waals surface area contributed by atoms with Crippen molar-refractivity contribution in [3.05, 3.63) is 23.8 Å². The summed E-state index contributed by atoms with van der Waals surface area (Å²) in [5, 5.41) is 4.93. The molecule has 2 aliphatic rings. The minimum Gasteiger partial charge on any atom is -0.454 e. The van der Waals surface area contributed by atoms with Crippen LogP contribution in [0, 0.1) is 0 Å². The standard InChI is InChI=1S/C14H16N2O6S/c17-13(14(18)16-10-3-4-23(19,20)7-10)15-6-9-1-2-11-12(5-9)22-8-21-11/h1-2,5,10H,3-4,6-8H2,(H,15,17)(H,16,18). The minimum absolute atomic E-state index is 0.0385. The molecule has 1 saturated heterocycles. The molecule has 1 atom stereocenters. The Hall–Kier alpha value is -2.29. The molecule has 0 aromatic heterocycles. The number of amides is 2. The molecule has 2 aliphatic heterocycles. The van der Waals surface area contributed by atoms with Gasteiger partial charge in [0, 0.05) is 12.6 Å². The molecule has 0 saturated carbocycles. The molecule has 0 aliphatic carbocycles. The van der Waals surface area contributed by atoms with E-state index in [2.05, 4.69) is 10.6 Å².